The van der Waals surface area contributed by atoms with Gasteiger partial charge < -0.3 is 23.9 Å². The maximum atomic E-state index is 15.7. The number of methoxy groups -OCH3 is 1. The van der Waals surface area contributed by atoms with Crippen LogP contribution in [0.1, 0.15) is 66.2 Å². The molecule has 42 heavy (non-hydrogen) atoms. The van der Waals surface area contributed by atoms with Crippen molar-refractivity contribution in [2.24, 2.45) is 7.05 Å². The fourth-order valence-electron chi connectivity index (χ4n) is 5.65. The van der Waals surface area contributed by atoms with E-state index < -0.39 is 29.5 Å². The molecule has 9 nitrogen and oxygen atoms in total. The Kier molecular flexibility index (Phi) is 7.53. The first kappa shape index (κ1) is 29.2. The minimum Gasteiger partial charge on any atom is -0.490 e. The van der Waals surface area contributed by atoms with E-state index in [4.69, 9.17) is 19.2 Å². The number of benzene rings is 1. The number of esters is 1. The SMILES string of the molecule is COC(=O)C(OC(C)(C)C)c1c(C)nc2c(cc(-c3ccnc(C(=O)O)c3)n2C)c1-c1cc(F)c2c(c1C)CCCO2. The van der Waals surface area contributed by atoms with Crippen LogP contribution in [-0.2, 0) is 27.7 Å². The highest BCUT2D eigenvalue weighted by atomic mass is 19.1. The zero-order valence-electron chi connectivity index (χ0n) is 24.8. The number of rotatable bonds is 6. The van der Waals surface area contributed by atoms with E-state index in [2.05, 4.69) is 4.98 Å². The number of halogens is 1. The lowest BCUT2D eigenvalue weighted by molar-refractivity contribution is -0.164. The van der Waals surface area contributed by atoms with Crippen LogP contribution in [0.2, 0.25) is 0 Å². The third-order valence-corrected chi connectivity index (χ3v) is 7.53. The summed E-state index contributed by atoms with van der Waals surface area (Å²) in [6, 6.07) is 6.53. The second-order valence-electron chi connectivity index (χ2n) is 11.5. The molecule has 0 spiro atoms. The molecule has 0 saturated heterocycles. The summed E-state index contributed by atoms with van der Waals surface area (Å²) in [6.45, 7) is 9.69. The summed E-state index contributed by atoms with van der Waals surface area (Å²) in [6.07, 6.45) is 1.70. The van der Waals surface area contributed by atoms with Crippen molar-refractivity contribution in [3.8, 4) is 28.1 Å². The molecule has 0 fully saturated rings. The van der Waals surface area contributed by atoms with Crippen molar-refractivity contribution in [2.45, 2.75) is 59.2 Å². The molecule has 220 valence electrons. The lowest BCUT2D eigenvalue weighted by atomic mass is 9.86. The van der Waals surface area contributed by atoms with E-state index in [1.54, 1.807) is 13.0 Å². The highest BCUT2D eigenvalue weighted by Crippen LogP contribution is 2.45. The van der Waals surface area contributed by atoms with Crippen molar-refractivity contribution < 1.29 is 33.3 Å². The number of hydrogen-bond acceptors (Lipinski definition) is 7. The number of fused-ring (bicyclic) bond motifs is 2. The molecule has 4 heterocycles. The van der Waals surface area contributed by atoms with Gasteiger partial charge in [0.25, 0.3) is 0 Å². The minimum absolute atomic E-state index is 0.0975. The van der Waals surface area contributed by atoms with Gasteiger partial charge in [0.2, 0.25) is 0 Å². The van der Waals surface area contributed by atoms with Crippen molar-refractivity contribution in [3.05, 3.63) is 64.4 Å². The first-order valence-corrected chi connectivity index (χ1v) is 13.7. The smallest absolute Gasteiger partial charge is 0.354 e. The van der Waals surface area contributed by atoms with Crippen LogP contribution in [0.4, 0.5) is 4.39 Å². The summed E-state index contributed by atoms with van der Waals surface area (Å²) in [5, 5.41) is 10.2. The first-order chi connectivity index (χ1) is 19.8. The second-order valence-corrected chi connectivity index (χ2v) is 11.5. The molecule has 0 bridgehead atoms. The number of carbonyl (C=O) groups is 2. The molecule has 1 atom stereocenters. The molecule has 1 aliphatic heterocycles. The molecule has 1 unspecified atom stereocenters. The van der Waals surface area contributed by atoms with Gasteiger partial charge >= 0.3 is 11.9 Å². The van der Waals surface area contributed by atoms with Gasteiger partial charge in [-0.15, -0.1) is 0 Å². The van der Waals surface area contributed by atoms with E-state index in [1.807, 2.05) is 45.4 Å². The fourth-order valence-corrected chi connectivity index (χ4v) is 5.65. The van der Waals surface area contributed by atoms with Crippen molar-refractivity contribution in [1.29, 1.82) is 0 Å². The predicted molar refractivity (Wildman–Crippen MR) is 155 cm³/mol. The van der Waals surface area contributed by atoms with E-state index in [0.717, 1.165) is 17.5 Å². The summed E-state index contributed by atoms with van der Waals surface area (Å²) >= 11 is 0. The standard InChI is InChI=1S/C32H34FN3O6/c1-16-19-9-8-12-41-27(19)22(33)14-20(16)26-21-15-24(18-10-11-34-23(13-18)30(37)38)36(6)29(21)35-17(2)25(26)28(31(39)40-7)42-32(3,4)5/h10-11,13-15,28H,8-9,12H2,1-7H3,(H,37,38). The van der Waals surface area contributed by atoms with E-state index in [9.17, 15) is 14.7 Å². The Balaban J connectivity index is 1.90. The monoisotopic (exact) mass is 575 g/mol. The third kappa shape index (κ3) is 5.11. The second kappa shape index (κ2) is 10.8. The van der Waals surface area contributed by atoms with Gasteiger partial charge in [0.15, 0.2) is 17.7 Å². The Hall–Kier alpha value is -4.31. The molecular formula is C32H34FN3O6. The Morgan fingerprint density at radius 2 is 1.93 bits per heavy atom. The summed E-state index contributed by atoms with van der Waals surface area (Å²) in [4.78, 5) is 33.8. The average molecular weight is 576 g/mol. The zero-order chi connectivity index (χ0) is 30.5. The van der Waals surface area contributed by atoms with Gasteiger partial charge in [0.1, 0.15) is 11.3 Å². The quantitative estimate of drug-likeness (QED) is 0.274. The Labute approximate surface area is 243 Å². The van der Waals surface area contributed by atoms with Gasteiger partial charge in [0.05, 0.1) is 25.0 Å². The lowest BCUT2D eigenvalue weighted by Gasteiger charge is -2.29. The number of carboxylic acids is 1. The van der Waals surface area contributed by atoms with Gasteiger partial charge in [-0.1, -0.05) is 0 Å². The Morgan fingerprint density at radius 3 is 2.60 bits per heavy atom. The van der Waals surface area contributed by atoms with E-state index in [1.165, 1.54) is 25.4 Å². The van der Waals surface area contributed by atoms with Crippen LogP contribution in [0, 0.1) is 19.7 Å². The molecule has 1 aliphatic rings. The van der Waals surface area contributed by atoms with E-state index >= 15 is 4.39 Å². The number of nitrogens with zero attached hydrogens (tertiary/aromatic N) is 3. The third-order valence-electron chi connectivity index (χ3n) is 7.53. The maximum absolute atomic E-state index is 15.7. The van der Waals surface area contributed by atoms with Crippen molar-refractivity contribution in [2.75, 3.05) is 13.7 Å². The summed E-state index contributed by atoms with van der Waals surface area (Å²) in [5.74, 6) is -1.98. The summed E-state index contributed by atoms with van der Waals surface area (Å²) in [7, 11) is 3.12. The van der Waals surface area contributed by atoms with Crippen molar-refractivity contribution >= 4 is 23.0 Å². The molecule has 3 aromatic heterocycles. The number of ether oxygens (including phenoxy) is 3. The molecular weight excluding hydrogens is 541 g/mol. The van der Waals surface area contributed by atoms with Gasteiger partial charge in [-0.3, -0.25) is 0 Å². The largest absolute Gasteiger partial charge is 0.490 e. The highest BCUT2D eigenvalue weighted by Gasteiger charge is 2.35. The van der Waals surface area contributed by atoms with Gasteiger partial charge in [-0.2, -0.15) is 0 Å². The number of carboxylic acid groups (broad SMARTS) is 1. The average Bonchev–Trinajstić information content (AvgIpc) is 3.28. The van der Waals surface area contributed by atoms with E-state index in [-0.39, 0.29) is 11.4 Å². The number of aryl methyl sites for hydroxylation is 2. The first-order valence-electron chi connectivity index (χ1n) is 13.7. The highest BCUT2D eigenvalue weighted by molar-refractivity contribution is 6.01. The summed E-state index contributed by atoms with van der Waals surface area (Å²) < 4.78 is 34.7. The molecule has 0 amide bonds. The normalized spacial score (nSPS) is 13.9. The van der Waals surface area contributed by atoms with Gasteiger partial charge in [-0.25, -0.2) is 23.9 Å². The molecule has 10 heteroatoms. The zero-order valence-corrected chi connectivity index (χ0v) is 24.8. The molecule has 0 saturated carbocycles. The van der Waals surface area contributed by atoms with Crippen LogP contribution in [0.3, 0.4) is 0 Å². The fraction of sp³-hybridized carbons (Fsp3) is 0.375. The van der Waals surface area contributed by atoms with Crippen LogP contribution in [-0.4, -0.2) is 50.9 Å². The van der Waals surface area contributed by atoms with Gasteiger partial charge in [-0.05, 0) is 82.9 Å². The van der Waals surface area contributed by atoms with Crippen LogP contribution in [0.25, 0.3) is 33.4 Å². The van der Waals surface area contributed by atoms with Crippen molar-refractivity contribution in [1.82, 2.24) is 14.5 Å². The molecule has 1 aromatic carbocycles. The number of hydrogen-bond donors (Lipinski definition) is 1. The van der Waals surface area contributed by atoms with Crippen molar-refractivity contribution in [3.63, 3.8) is 0 Å². The Bertz CT molecular complexity index is 1740. The topological polar surface area (TPSA) is 113 Å². The Morgan fingerprint density at radius 1 is 1.19 bits per heavy atom. The number of pyridine rings is 2. The minimum atomic E-state index is -1.15. The molecule has 1 N–H and O–H groups in total. The lowest BCUT2D eigenvalue weighted by Crippen LogP contribution is -2.29. The summed E-state index contributed by atoms with van der Waals surface area (Å²) in [5.41, 5.74) is 4.82. The number of aromatic carboxylic acids is 1. The molecule has 0 aliphatic carbocycles. The van der Waals surface area contributed by atoms with Crippen LogP contribution >= 0.6 is 0 Å². The molecule has 4 aromatic rings. The number of carbonyl (C=O) groups excluding carboxylic acids is 1. The maximum Gasteiger partial charge on any atom is 0.354 e. The van der Waals surface area contributed by atoms with Crippen LogP contribution in [0.15, 0.2) is 30.5 Å². The van der Waals surface area contributed by atoms with Crippen LogP contribution in [0.5, 0.6) is 5.75 Å². The molecule has 0 radical (unpaired) electrons. The number of aromatic nitrogens is 3. The van der Waals surface area contributed by atoms with E-state index in [0.29, 0.717) is 57.7 Å². The van der Waals surface area contributed by atoms with Crippen LogP contribution < -0.4 is 4.74 Å². The molecule has 5 rings (SSSR count). The van der Waals surface area contributed by atoms with Gasteiger partial charge in [0, 0.05) is 46.6 Å². The predicted octanol–water partition coefficient (Wildman–Crippen LogP) is 6.11.